The molecule has 0 N–H and O–H groups in total. The Labute approximate surface area is 119 Å². The van der Waals surface area contributed by atoms with Gasteiger partial charge in [0.1, 0.15) is 5.15 Å². The van der Waals surface area contributed by atoms with Crippen LogP contribution in [0.4, 0.5) is 13.2 Å². The third-order valence-corrected chi connectivity index (χ3v) is 3.81. The topological polar surface area (TPSA) is 12.9 Å². The van der Waals surface area contributed by atoms with Gasteiger partial charge in [0.25, 0.3) is 0 Å². The average Bonchev–Trinajstić information content (AvgIpc) is 2.71. The molecule has 0 aliphatic heterocycles. The van der Waals surface area contributed by atoms with E-state index < -0.39 is 11.7 Å². The van der Waals surface area contributed by atoms with Gasteiger partial charge in [-0.3, -0.25) is 0 Å². The Bertz CT molecular complexity index is 595. The minimum atomic E-state index is -4.47. The number of thiophene rings is 1. The molecule has 2 aromatic rings. The molecule has 0 bridgehead atoms. The zero-order chi connectivity index (χ0) is 13.5. The van der Waals surface area contributed by atoms with E-state index in [9.17, 15) is 13.2 Å². The molecule has 0 saturated heterocycles. The summed E-state index contributed by atoms with van der Waals surface area (Å²) in [4.78, 5) is 3.80. The molecule has 0 saturated carbocycles. The van der Waals surface area contributed by atoms with Crippen molar-refractivity contribution in [3.05, 3.63) is 37.6 Å². The largest absolute Gasteiger partial charge is 0.417 e. The number of alkyl halides is 3. The SMILES string of the molecule is FC(F)(F)c1cscc1-c1nc(Cl)c(Cl)cc1Cl. The second-order valence-electron chi connectivity index (χ2n) is 3.29. The molecule has 0 unspecified atom stereocenters. The van der Waals surface area contributed by atoms with E-state index in [2.05, 4.69) is 4.98 Å². The predicted octanol–water partition coefficient (Wildman–Crippen LogP) is 5.79. The molecule has 8 heteroatoms. The second-order valence-corrected chi connectivity index (χ2v) is 5.20. The Balaban J connectivity index is 2.64. The predicted molar refractivity (Wildman–Crippen MR) is 67.6 cm³/mol. The van der Waals surface area contributed by atoms with E-state index in [0.29, 0.717) is 0 Å². The van der Waals surface area contributed by atoms with Crippen molar-refractivity contribution >= 4 is 46.1 Å². The van der Waals surface area contributed by atoms with E-state index in [4.69, 9.17) is 34.8 Å². The number of pyridine rings is 1. The van der Waals surface area contributed by atoms with Crippen molar-refractivity contribution in [2.45, 2.75) is 6.18 Å². The van der Waals surface area contributed by atoms with Crippen LogP contribution < -0.4 is 0 Å². The summed E-state index contributed by atoms with van der Waals surface area (Å²) in [6.07, 6.45) is -4.47. The maximum absolute atomic E-state index is 12.8. The molecule has 0 atom stereocenters. The molecule has 0 radical (unpaired) electrons. The van der Waals surface area contributed by atoms with E-state index in [0.717, 1.165) is 16.7 Å². The lowest BCUT2D eigenvalue weighted by Crippen LogP contribution is -2.05. The van der Waals surface area contributed by atoms with E-state index in [1.165, 1.54) is 11.4 Å². The van der Waals surface area contributed by atoms with Gasteiger partial charge in [-0.2, -0.15) is 24.5 Å². The minimum absolute atomic E-state index is 0.0216. The van der Waals surface area contributed by atoms with Crippen molar-refractivity contribution in [2.75, 3.05) is 0 Å². The molecule has 96 valence electrons. The first-order valence-electron chi connectivity index (χ1n) is 4.46. The Morgan fingerprint density at radius 2 is 1.72 bits per heavy atom. The lowest BCUT2D eigenvalue weighted by Gasteiger charge is -2.09. The third-order valence-electron chi connectivity index (χ3n) is 2.11. The van der Waals surface area contributed by atoms with Crippen LogP contribution in [-0.2, 0) is 6.18 Å². The van der Waals surface area contributed by atoms with Gasteiger partial charge >= 0.3 is 6.18 Å². The molecule has 1 nitrogen and oxygen atoms in total. The fourth-order valence-electron chi connectivity index (χ4n) is 1.33. The third kappa shape index (κ3) is 2.59. The average molecular weight is 333 g/mol. The molecule has 2 aromatic heterocycles. The lowest BCUT2D eigenvalue weighted by atomic mass is 10.1. The van der Waals surface area contributed by atoms with Gasteiger partial charge in [-0.25, -0.2) is 4.98 Å². The van der Waals surface area contributed by atoms with Gasteiger partial charge in [0.15, 0.2) is 0 Å². The van der Waals surface area contributed by atoms with Crippen molar-refractivity contribution in [3.8, 4) is 11.3 Å². The fourth-order valence-corrected chi connectivity index (χ4v) is 2.77. The van der Waals surface area contributed by atoms with Crippen LogP contribution in [0, 0.1) is 0 Å². The Morgan fingerprint density at radius 3 is 2.33 bits per heavy atom. The highest BCUT2D eigenvalue weighted by Gasteiger charge is 2.35. The number of hydrogen-bond acceptors (Lipinski definition) is 2. The van der Waals surface area contributed by atoms with Gasteiger partial charge < -0.3 is 0 Å². The normalized spacial score (nSPS) is 11.9. The molecular formula is C10H3Cl3F3NS. The van der Waals surface area contributed by atoms with Crippen molar-refractivity contribution in [2.24, 2.45) is 0 Å². The summed E-state index contributed by atoms with van der Waals surface area (Å²) in [6, 6.07) is 1.27. The van der Waals surface area contributed by atoms with Crippen molar-refractivity contribution in [1.29, 1.82) is 0 Å². The van der Waals surface area contributed by atoms with Crippen LogP contribution in [0.1, 0.15) is 5.56 Å². The van der Waals surface area contributed by atoms with Crippen LogP contribution in [0.15, 0.2) is 16.8 Å². The van der Waals surface area contributed by atoms with Crippen molar-refractivity contribution in [3.63, 3.8) is 0 Å². The maximum Gasteiger partial charge on any atom is 0.417 e. The van der Waals surface area contributed by atoms with Gasteiger partial charge in [-0.1, -0.05) is 34.8 Å². The van der Waals surface area contributed by atoms with Crippen molar-refractivity contribution < 1.29 is 13.2 Å². The summed E-state index contributed by atoms with van der Waals surface area (Å²) in [5.41, 5.74) is -0.920. The molecule has 0 spiro atoms. The summed E-state index contributed by atoms with van der Waals surface area (Å²) in [5.74, 6) is 0. The number of halogens is 6. The van der Waals surface area contributed by atoms with E-state index in [-0.39, 0.29) is 26.5 Å². The van der Waals surface area contributed by atoms with Gasteiger partial charge in [0.2, 0.25) is 0 Å². The number of hydrogen-bond donors (Lipinski definition) is 0. The monoisotopic (exact) mass is 331 g/mol. The van der Waals surface area contributed by atoms with Crippen LogP contribution in [0.2, 0.25) is 15.2 Å². The highest BCUT2D eigenvalue weighted by atomic mass is 35.5. The smallest absolute Gasteiger partial charge is 0.233 e. The Kier molecular flexibility index (Phi) is 3.78. The molecule has 0 aliphatic carbocycles. The fraction of sp³-hybridized carbons (Fsp3) is 0.100. The summed E-state index contributed by atoms with van der Waals surface area (Å²) >= 11 is 18.1. The maximum atomic E-state index is 12.8. The molecule has 2 rings (SSSR count). The minimum Gasteiger partial charge on any atom is -0.233 e. The first kappa shape index (κ1) is 13.9. The van der Waals surface area contributed by atoms with Crippen LogP contribution in [0.25, 0.3) is 11.3 Å². The summed E-state index contributed by atoms with van der Waals surface area (Å²) in [5, 5.41) is 2.34. The molecular weight excluding hydrogens is 330 g/mol. The summed E-state index contributed by atoms with van der Waals surface area (Å²) < 4.78 is 38.3. The van der Waals surface area contributed by atoms with Gasteiger partial charge in [0, 0.05) is 16.3 Å². The molecule has 18 heavy (non-hydrogen) atoms. The number of rotatable bonds is 1. The first-order valence-corrected chi connectivity index (χ1v) is 6.53. The molecule has 0 aromatic carbocycles. The highest BCUT2D eigenvalue weighted by Crippen LogP contribution is 2.42. The standard InChI is InChI=1S/C10H3Cl3F3NS/c11-6-1-7(12)9(13)17-8(6)4-2-18-3-5(4)10(14,15)16/h1-3H. The Hall–Kier alpha value is -0.490. The lowest BCUT2D eigenvalue weighted by molar-refractivity contribution is -0.136. The Morgan fingerprint density at radius 1 is 1.06 bits per heavy atom. The quantitative estimate of drug-likeness (QED) is 0.602. The zero-order valence-corrected chi connectivity index (χ0v) is 11.4. The zero-order valence-electron chi connectivity index (χ0n) is 8.36. The van der Waals surface area contributed by atoms with E-state index >= 15 is 0 Å². The van der Waals surface area contributed by atoms with Gasteiger partial charge in [-0.15, -0.1) is 0 Å². The number of aromatic nitrogens is 1. The van der Waals surface area contributed by atoms with Gasteiger partial charge in [-0.05, 0) is 6.07 Å². The van der Waals surface area contributed by atoms with E-state index in [1.54, 1.807) is 0 Å². The summed E-state index contributed by atoms with van der Waals surface area (Å²) in [6.45, 7) is 0. The number of nitrogens with zero attached hydrogens (tertiary/aromatic N) is 1. The molecule has 0 aliphatic rings. The first-order chi connectivity index (χ1) is 8.30. The van der Waals surface area contributed by atoms with Crippen LogP contribution >= 0.6 is 46.1 Å². The van der Waals surface area contributed by atoms with Crippen LogP contribution in [-0.4, -0.2) is 4.98 Å². The molecule has 2 heterocycles. The van der Waals surface area contributed by atoms with E-state index in [1.807, 2.05) is 0 Å². The van der Waals surface area contributed by atoms with Crippen LogP contribution in [0.5, 0.6) is 0 Å². The van der Waals surface area contributed by atoms with Crippen LogP contribution in [0.3, 0.4) is 0 Å². The van der Waals surface area contributed by atoms with Gasteiger partial charge in [0.05, 0.1) is 21.3 Å². The summed E-state index contributed by atoms with van der Waals surface area (Å²) in [7, 11) is 0. The second kappa shape index (κ2) is 4.89. The molecule has 0 amide bonds. The highest BCUT2D eigenvalue weighted by molar-refractivity contribution is 7.08. The molecule has 0 fully saturated rings. The van der Waals surface area contributed by atoms with Crippen molar-refractivity contribution in [1.82, 2.24) is 4.98 Å².